The lowest BCUT2D eigenvalue weighted by Crippen LogP contribution is -2.11. The van der Waals surface area contributed by atoms with Crippen LogP contribution in [-0.4, -0.2) is 19.5 Å². The summed E-state index contributed by atoms with van der Waals surface area (Å²) >= 11 is 0. The van der Waals surface area contributed by atoms with Gasteiger partial charge in [-0.05, 0) is 12.3 Å². The first kappa shape index (κ1) is 13.4. The van der Waals surface area contributed by atoms with E-state index in [-0.39, 0.29) is 6.10 Å². The molecule has 2 nitrogen and oxygen atoms in total. The monoisotopic (exact) mass is 198 g/mol. The van der Waals surface area contributed by atoms with E-state index in [9.17, 15) is 4.79 Å². The Balaban J connectivity index is 3.82. The zero-order valence-electron chi connectivity index (χ0n) is 9.53. The third-order valence-electron chi connectivity index (χ3n) is 2.30. The summed E-state index contributed by atoms with van der Waals surface area (Å²) in [5, 5.41) is 0. The number of hydrogen-bond acceptors (Lipinski definition) is 2. The first-order chi connectivity index (χ1) is 6.74. The molecule has 0 amide bonds. The minimum absolute atomic E-state index is 0.163. The summed E-state index contributed by atoms with van der Waals surface area (Å²) in [6.45, 7) is 4.43. The molecule has 0 aromatic carbocycles. The second-order valence-corrected chi connectivity index (χ2v) is 3.73. The normalized spacial score (nSPS) is 15.6. The van der Waals surface area contributed by atoms with Crippen molar-refractivity contribution in [3.8, 4) is 0 Å². The van der Waals surface area contributed by atoms with Gasteiger partial charge in [-0.1, -0.05) is 38.8 Å². The second-order valence-electron chi connectivity index (χ2n) is 3.73. The van der Waals surface area contributed by atoms with Gasteiger partial charge in [0.2, 0.25) is 0 Å². The number of methoxy groups -OCH3 is 1. The molecule has 0 bridgehead atoms. The molecule has 0 aliphatic carbocycles. The van der Waals surface area contributed by atoms with Gasteiger partial charge in [0.1, 0.15) is 6.29 Å². The molecule has 2 atom stereocenters. The molecule has 82 valence electrons. The minimum Gasteiger partial charge on any atom is -0.377 e. The molecule has 0 aliphatic rings. The average Bonchev–Trinajstić information content (AvgIpc) is 2.17. The van der Waals surface area contributed by atoms with E-state index in [0.29, 0.717) is 12.3 Å². The largest absolute Gasteiger partial charge is 0.377 e. The number of hydrogen-bond donors (Lipinski definition) is 0. The highest BCUT2D eigenvalue weighted by atomic mass is 16.5. The quantitative estimate of drug-likeness (QED) is 0.443. The number of allylic oxidation sites excluding steroid dienone is 1. The van der Waals surface area contributed by atoms with Gasteiger partial charge in [0.25, 0.3) is 0 Å². The Bertz CT molecular complexity index is 164. The van der Waals surface area contributed by atoms with Crippen LogP contribution in [-0.2, 0) is 9.53 Å². The number of rotatable bonds is 8. The van der Waals surface area contributed by atoms with Crippen LogP contribution in [0.3, 0.4) is 0 Å². The molecule has 14 heavy (non-hydrogen) atoms. The highest BCUT2D eigenvalue weighted by Crippen LogP contribution is 2.15. The van der Waals surface area contributed by atoms with Gasteiger partial charge >= 0.3 is 0 Å². The minimum atomic E-state index is 0.163. The first-order valence-corrected chi connectivity index (χ1v) is 5.37. The molecule has 0 heterocycles. The SMILES string of the molecule is CCCC(C)CC(C=CCC=O)OC. The van der Waals surface area contributed by atoms with E-state index >= 15 is 0 Å². The van der Waals surface area contributed by atoms with Gasteiger partial charge in [0.15, 0.2) is 0 Å². The fraction of sp³-hybridized carbons (Fsp3) is 0.750. The van der Waals surface area contributed by atoms with E-state index in [1.807, 2.05) is 12.2 Å². The molecule has 0 saturated carbocycles. The van der Waals surface area contributed by atoms with Crippen LogP contribution in [0.4, 0.5) is 0 Å². The van der Waals surface area contributed by atoms with Gasteiger partial charge in [-0.15, -0.1) is 0 Å². The van der Waals surface area contributed by atoms with E-state index in [2.05, 4.69) is 13.8 Å². The summed E-state index contributed by atoms with van der Waals surface area (Å²) < 4.78 is 5.31. The van der Waals surface area contributed by atoms with Crippen LogP contribution in [0.2, 0.25) is 0 Å². The van der Waals surface area contributed by atoms with Gasteiger partial charge < -0.3 is 9.53 Å². The average molecular weight is 198 g/mol. The summed E-state index contributed by atoms with van der Waals surface area (Å²) in [5.41, 5.74) is 0. The molecule has 2 unspecified atom stereocenters. The number of aldehydes is 1. The van der Waals surface area contributed by atoms with Crippen molar-refractivity contribution in [3.05, 3.63) is 12.2 Å². The second kappa shape index (κ2) is 8.95. The van der Waals surface area contributed by atoms with Crippen molar-refractivity contribution in [2.75, 3.05) is 7.11 Å². The highest BCUT2D eigenvalue weighted by molar-refractivity contribution is 5.51. The van der Waals surface area contributed by atoms with Crippen molar-refractivity contribution in [2.24, 2.45) is 5.92 Å². The van der Waals surface area contributed by atoms with Gasteiger partial charge in [-0.2, -0.15) is 0 Å². The molecule has 0 spiro atoms. The Hall–Kier alpha value is -0.630. The van der Waals surface area contributed by atoms with E-state index in [0.717, 1.165) is 12.7 Å². The Labute approximate surface area is 87.3 Å². The van der Waals surface area contributed by atoms with Crippen LogP contribution >= 0.6 is 0 Å². The Kier molecular flexibility index (Phi) is 8.54. The maximum Gasteiger partial charge on any atom is 0.123 e. The van der Waals surface area contributed by atoms with Crippen LogP contribution < -0.4 is 0 Å². The third kappa shape index (κ3) is 6.84. The maximum atomic E-state index is 10.1. The molecule has 0 radical (unpaired) electrons. The van der Waals surface area contributed by atoms with Crippen molar-refractivity contribution in [3.63, 3.8) is 0 Å². The number of carbonyl (C=O) groups excluding carboxylic acids is 1. The molecule has 2 heteroatoms. The van der Waals surface area contributed by atoms with Crippen LogP contribution in [0, 0.1) is 5.92 Å². The maximum absolute atomic E-state index is 10.1. The van der Waals surface area contributed by atoms with Gasteiger partial charge in [-0.25, -0.2) is 0 Å². The molecule has 0 aliphatic heterocycles. The molecule has 0 saturated heterocycles. The molecular weight excluding hydrogens is 176 g/mol. The predicted molar refractivity (Wildman–Crippen MR) is 59.3 cm³/mol. The lowest BCUT2D eigenvalue weighted by atomic mass is 9.98. The smallest absolute Gasteiger partial charge is 0.123 e. The van der Waals surface area contributed by atoms with E-state index < -0.39 is 0 Å². The van der Waals surface area contributed by atoms with Gasteiger partial charge in [-0.3, -0.25) is 0 Å². The van der Waals surface area contributed by atoms with E-state index in [1.165, 1.54) is 12.8 Å². The van der Waals surface area contributed by atoms with Gasteiger partial charge in [0, 0.05) is 13.5 Å². The number of ether oxygens (including phenoxy) is 1. The Morgan fingerprint density at radius 2 is 2.14 bits per heavy atom. The topological polar surface area (TPSA) is 26.3 Å². The molecule has 0 aromatic heterocycles. The Morgan fingerprint density at radius 3 is 2.64 bits per heavy atom. The van der Waals surface area contributed by atoms with Crippen molar-refractivity contribution >= 4 is 6.29 Å². The first-order valence-electron chi connectivity index (χ1n) is 5.37. The lowest BCUT2D eigenvalue weighted by molar-refractivity contribution is -0.107. The number of carbonyl (C=O) groups is 1. The summed E-state index contributed by atoms with van der Waals surface area (Å²) in [5.74, 6) is 0.686. The fourth-order valence-corrected chi connectivity index (χ4v) is 1.55. The van der Waals surface area contributed by atoms with Crippen molar-refractivity contribution in [1.82, 2.24) is 0 Å². The summed E-state index contributed by atoms with van der Waals surface area (Å²) in [6.07, 6.45) is 8.91. The zero-order chi connectivity index (χ0) is 10.8. The standard InChI is InChI=1S/C12H22O2/c1-4-7-11(2)10-12(14-3)8-5-6-9-13/h5,8-9,11-12H,4,6-7,10H2,1-3H3. The molecular formula is C12H22O2. The van der Waals surface area contributed by atoms with Crippen molar-refractivity contribution in [1.29, 1.82) is 0 Å². The summed E-state index contributed by atoms with van der Waals surface area (Å²) in [7, 11) is 1.72. The zero-order valence-corrected chi connectivity index (χ0v) is 9.53. The van der Waals surface area contributed by atoms with Gasteiger partial charge in [0.05, 0.1) is 6.10 Å². The van der Waals surface area contributed by atoms with Crippen molar-refractivity contribution in [2.45, 2.75) is 45.6 Å². The predicted octanol–water partition coefficient (Wildman–Crippen LogP) is 2.97. The van der Waals surface area contributed by atoms with E-state index in [4.69, 9.17) is 4.74 Å². The molecule has 0 rings (SSSR count). The molecule has 0 aromatic rings. The summed E-state index contributed by atoms with van der Waals surface area (Å²) in [4.78, 5) is 10.1. The van der Waals surface area contributed by atoms with Crippen LogP contribution in [0.1, 0.15) is 39.5 Å². The van der Waals surface area contributed by atoms with Crippen LogP contribution in [0.25, 0.3) is 0 Å². The van der Waals surface area contributed by atoms with Crippen LogP contribution in [0.15, 0.2) is 12.2 Å². The van der Waals surface area contributed by atoms with Crippen molar-refractivity contribution < 1.29 is 9.53 Å². The highest BCUT2D eigenvalue weighted by Gasteiger charge is 2.08. The van der Waals surface area contributed by atoms with Crippen LogP contribution in [0.5, 0.6) is 0 Å². The molecule has 0 fully saturated rings. The van der Waals surface area contributed by atoms with E-state index in [1.54, 1.807) is 7.11 Å². The fourth-order valence-electron chi connectivity index (χ4n) is 1.55. The molecule has 0 N–H and O–H groups in total. The lowest BCUT2D eigenvalue weighted by Gasteiger charge is -2.16. The summed E-state index contributed by atoms with van der Waals surface area (Å²) in [6, 6.07) is 0. The third-order valence-corrected chi connectivity index (χ3v) is 2.30. The Morgan fingerprint density at radius 1 is 1.43 bits per heavy atom.